The number of carbonyl (C=O) groups is 1. The Balaban J connectivity index is 2.23. The van der Waals surface area contributed by atoms with Crippen LogP contribution in [0.2, 0.25) is 0 Å². The van der Waals surface area contributed by atoms with Crippen molar-refractivity contribution in [2.45, 2.75) is 12.7 Å². The Morgan fingerprint density at radius 1 is 1.60 bits per heavy atom. The van der Waals surface area contributed by atoms with Crippen molar-refractivity contribution in [2.24, 2.45) is 0 Å². The molecule has 0 aromatic carbocycles. The van der Waals surface area contributed by atoms with E-state index in [1.807, 2.05) is 5.32 Å². The van der Waals surface area contributed by atoms with Crippen molar-refractivity contribution in [2.75, 3.05) is 13.1 Å². The lowest BCUT2D eigenvalue weighted by molar-refractivity contribution is -0.153. The molecule has 0 unspecified atom stereocenters. The van der Waals surface area contributed by atoms with Crippen molar-refractivity contribution in [1.29, 1.82) is 0 Å². The van der Waals surface area contributed by atoms with Gasteiger partial charge in [0.2, 0.25) is 5.88 Å². The van der Waals surface area contributed by atoms with Crippen molar-refractivity contribution >= 4 is 16.8 Å². The maximum atomic E-state index is 12.7. The SMILES string of the molecule is [2H]C1([2H])NC(=O)c2cc3c(OC([2H])([2H])C(F)(F)F)nccc3n2C1([2H])[2H]. The van der Waals surface area contributed by atoms with Crippen molar-refractivity contribution in [3.63, 3.8) is 0 Å². The number of aromatic nitrogens is 2. The van der Waals surface area contributed by atoms with Gasteiger partial charge in [-0.2, -0.15) is 13.2 Å². The molecule has 0 aliphatic carbocycles. The average Bonchev–Trinajstić information content (AvgIpc) is 2.85. The fourth-order valence-corrected chi connectivity index (χ4v) is 1.79. The summed E-state index contributed by atoms with van der Waals surface area (Å²) < 4.78 is 88.5. The molecule has 1 aliphatic heterocycles. The van der Waals surface area contributed by atoms with Crippen LogP contribution in [0.25, 0.3) is 10.9 Å². The number of nitrogens with one attached hydrogen (secondary N) is 1. The van der Waals surface area contributed by atoms with Gasteiger partial charge in [0.1, 0.15) is 5.69 Å². The van der Waals surface area contributed by atoms with Gasteiger partial charge in [0.25, 0.3) is 5.91 Å². The molecule has 1 aliphatic rings. The molecular formula is C12H10F3N3O2. The summed E-state index contributed by atoms with van der Waals surface area (Å²) in [6.45, 7) is -9.65. The summed E-state index contributed by atoms with van der Waals surface area (Å²) in [6, 6.07) is 2.12. The van der Waals surface area contributed by atoms with Gasteiger partial charge in [0, 0.05) is 19.2 Å². The Hall–Kier alpha value is -2.25. The van der Waals surface area contributed by atoms with E-state index < -0.39 is 37.5 Å². The second-order valence-electron chi connectivity index (χ2n) is 3.81. The number of pyridine rings is 1. The third-order valence-corrected chi connectivity index (χ3v) is 2.53. The van der Waals surface area contributed by atoms with Gasteiger partial charge in [-0.3, -0.25) is 4.79 Å². The van der Waals surface area contributed by atoms with Gasteiger partial charge in [-0.25, -0.2) is 4.98 Å². The highest BCUT2D eigenvalue weighted by Crippen LogP contribution is 2.29. The highest BCUT2D eigenvalue weighted by atomic mass is 19.4. The molecule has 0 atom stereocenters. The normalized spacial score (nSPS) is 25.2. The fourth-order valence-electron chi connectivity index (χ4n) is 1.79. The molecule has 3 heterocycles. The standard InChI is InChI=1S/C12H10F3N3O2/c13-12(14,15)6-20-11-7-5-9-10(19)16-3-4-18(9)8(7)1-2-17-11/h1-2,5H,3-4,6H2,(H,16,19)/i3D2,4D2,6D2. The Labute approximate surface area is 119 Å². The van der Waals surface area contributed by atoms with Crippen LogP contribution in [0.5, 0.6) is 5.88 Å². The van der Waals surface area contributed by atoms with Gasteiger partial charge in [-0.15, -0.1) is 0 Å². The molecule has 0 bridgehead atoms. The number of rotatable bonds is 2. The van der Waals surface area contributed by atoms with E-state index in [2.05, 4.69) is 9.72 Å². The van der Waals surface area contributed by atoms with Crippen molar-refractivity contribution in [1.82, 2.24) is 14.9 Å². The number of hydrogen-bond acceptors (Lipinski definition) is 3. The van der Waals surface area contributed by atoms with Crippen LogP contribution in [0.15, 0.2) is 18.3 Å². The molecule has 106 valence electrons. The van der Waals surface area contributed by atoms with E-state index in [-0.39, 0.29) is 16.6 Å². The molecule has 20 heavy (non-hydrogen) atoms. The summed E-state index contributed by atoms with van der Waals surface area (Å²) in [6.07, 6.45) is -4.42. The molecule has 5 nitrogen and oxygen atoms in total. The summed E-state index contributed by atoms with van der Waals surface area (Å²) >= 11 is 0. The Kier molecular flexibility index (Phi) is 1.65. The minimum Gasteiger partial charge on any atom is -0.468 e. The number of halogens is 3. The van der Waals surface area contributed by atoms with Crippen LogP contribution in [0.1, 0.15) is 18.7 Å². The van der Waals surface area contributed by atoms with Crippen LogP contribution in [0.4, 0.5) is 13.2 Å². The summed E-state index contributed by atoms with van der Waals surface area (Å²) in [5, 5.41) is 1.57. The summed E-state index contributed by atoms with van der Waals surface area (Å²) in [4.78, 5) is 15.6. The third-order valence-electron chi connectivity index (χ3n) is 2.53. The van der Waals surface area contributed by atoms with E-state index >= 15 is 0 Å². The van der Waals surface area contributed by atoms with Crippen LogP contribution in [-0.2, 0) is 6.50 Å². The highest BCUT2D eigenvalue weighted by molar-refractivity contribution is 6.00. The summed E-state index contributed by atoms with van der Waals surface area (Å²) in [5.41, 5.74) is -0.544. The first-order valence-electron chi connectivity index (χ1n) is 8.28. The fraction of sp³-hybridized carbons (Fsp3) is 0.333. The number of ether oxygens (including phenoxy) is 1. The second kappa shape index (κ2) is 4.39. The molecule has 2 aromatic heterocycles. The molecule has 0 saturated heterocycles. The van der Waals surface area contributed by atoms with Crippen molar-refractivity contribution in [3.05, 3.63) is 24.0 Å². The molecule has 0 fully saturated rings. The molecule has 8 heteroatoms. The summed E-state index contributed by atoms with van der Waals surface area (Å²) in [5.74, 6) is -1.80. The van der Waals surface area contributed by atoms with Crippen LogP contribution in [-0.4, -0.2) is 34.7 Å². The predicted molar refractivity (Wildman–Crippen MR) is 63.6 cm³/mol. The maximum Gasteiger partial charge on any atom is 0.422 e. The minimum absolute atomic E-state index is 0.174. The minimum atomic E-state index is -5.36. The number of alkyl halides is 3. The Morgan fingerprint density at radius 3 is 3.15 bits per heavy atom. The predicted octanol–water partition coefficient (Wildman–Crippen LogP) is 1.72. The molecule has 2 aromatic rings. The van der Waals surface area contributed by atoms with Crippen LogP contribution < -0.4 is 10.1 Å². The zero-order valence-electron chi connectivity index (χ0n) is 15.6. The number of aryl methyl sites for hydroxylation is 1. The average molecular weight is 291 g/mol. The number of carbonyl (C=O) groups excluding carboxylic acids is 1. The van der Waals surface area contributed by atoms with Gasteiger partial charge in [-0.05, 0) is 12.1 Å². The monoisotopic (exact) mass is 291 g/mol. The van der Waals surface area contributed by atoms with Gasteiger partial charge in [0.15, 0.2) is 6.56 Å². The van der Waals surface area contributed by atoms with Crippen molar-refractivity contribution in [3.8, 4) is 5.88 Å². The van der Waals surface area contributed by atoms with E-state index in [0.29, 0.717) is 4.57 Å². The molecular weight excluding hydrogens is 275 g/mol. The van der Waals surface area contributed by atoms with Gasteiger partial charge in [0.05, 0.1) is 19.1 Å². The van der Waals surface area contributed by atoms with E-state index in [1.54, 1.807) is 0 Å². The molecule has 3 rings (SSSR count). The topological polar surface area (TPSA) is 56.1 Å². The van der Waals surface area contributed by atoms with E-state index in [9.17, 15) is 18.0 Å². The first-order valence-corrected chi connectivity index (χ1v) is 5.28. The first-order chi connectivity index (χ1) is 11.7. The molecule has 1 N–H and O–H groups in total. The zero-order valence-corrected chi connectivity index (χ0v) is 9.58. The highest BCUT2D eigenvalue weighted by Gasteiger charge is 2.29. The van der Waals surface area contributed by atoms with Crippen LogP contribution >= 0.6 is 0 Å². The van der Waals surface area contributed by atoms with E-state index in [4.69, 9.17) is 8.22 Å². The van der Waals surface area contributed by atoms with Gasteiger partial charge in [-0.1, -0.05) is 0 Å². The number of amides is 1. The zero-order chi connectivity index (χ0) is 19.7. The van der Waals surface area contributed by atoms with Crippen LogP contribution in [0.3, 0.4) is 0 Å². The lowest BCUT2D eigenvalue weighted by Crippen LogP contribution is -2.34. The lowest BCUT2D eigenvalue weighted by atomic mass is 10.3. The smallest absolute Gasteiger partial charge is 0.422 e. The second-order valence-corrected chi connectivity index (χ2v) is 3.81. The number of hydrogen-bond donors (Lipinski definition) is 1. The molecule has 0 radical (unpaired) electrons. The van der Waals surface area contributed by atoms with E-state index in [1.165, 1.54) is 0 Å². The van der Waals surface area contributed by atoms with Gasteiger partial charge >= 0.3 is 6.18 Å². The van der Waals surface area contributed by atoms with Gasteiger partial charge < -0.3 is 14.6 Å². The number of fused-ring (bicyclic) bond motifs is 3. The van der Waals surface area contributed by atoms with Crippen LogP contribution in [0, 0.1) is 0 Å². The third kappa shape index (κ3) is 2.17. The number of nitrogens with zero attached hydrogens (tertiary/aromatic N) is 2. The first kappa shape index (κ1) is 7.51. The van der Waals surface area contributed by atoms with Crippen molar-refractivity contribution < 1.29 is 30.9 Å². The molecule has 1 amide bonds. The maximum absolute atomic E-state index is 12.7. The summed E-state index contributed by atoms with van der Waals surface area (Å²) in [7, 11) is 0. The Bertz CT molecular complexity index is 911. The largest absolute Gasteiger partial charge is 0.468 e. The molecule has 0 saturated carbocycles. The quantitative estimate of drug-likeness (QED) is 0.916. The lowest BCUT2D eigenvalue weighted by Gasteiger charge is -2.16. The van der Waals surface area contributed by atoms with E-state index in [0.717, 1.165) is 18.3 Å². The Morgan fingerprint density at radius 2 is 2.40 bits per heavy atom. The molecule has 0 spiro atoms.